The van der Waals surface area contributed by atoms with Crippen LogP contribution in [0.1, 0.15) is 57.8 Å². The van der Waals surface area contributed by atoms with Gasteiger partial charge in [0.05, 0.1) is 18.8 Å². The van der Waals surface area contributed by atoms with E-state index in [1.54, 1.807) is 0 Å². The summed E-state index contributed by atoms with van der Waals surface area (Å²) in [6, 6.07) is 0.600. The van der Waals surface area contributed by atoms with Crippen LogP contribution in [0.15, 0.2) is 0 Å². The lowest BCUT2D eigenvalue weighted by molar-refractivity contribution is -0.0238. The normalized spacial score (nSPS) is 30.3. The van der Waals surface area contributed by atoms with Crippen LogP contribution < -0.4 is 5.32 Å². The Morgan fingerprint density at radius 1 is 1.10 bits per heavy atom. The summed E-state index contributed by atoms with van der Waals surface area (Å²) in [5.74, 6) is 0. The standard InChI is InChI=1S/C16H31NO2S/c1-20-16-9-7-13(8-10-16)17-11-14(18)12-19-15-5-3-2-4-6-15/h13-18H,2-12H2,1H3. The zero-order chi connectivity index (χ0) is 14.2. The minimum atomic E-state index is -0.352. The highest BCUT2D eigenvalue weighted by atomic mass is 32.2. The van der Waals surface area contributed by atoms with Crippen molar-refractivity contribution in [3.05, 3.63) is 0 Å². The monoisotopic (exact) mass is 301 g/mol. The van der Waals surface area contributed by atoms with Gasteiger partial charge in [0, 0.05) is 17.8 Å². The molecule has 0 radical (unpaired) electrons. The van der Waals surface area contributed by atoms with Crippen LogP contribution in [0.25, 0.3) is 0 Å². The van der Waals surface area contributed by atoms with Crippen LogP contribution in [-0.2, 0) is 4.74 Å². The first-order chi connectivity index (χ1) is 9.78. The molecule has 0 aliphatic heterocycles. The van der Waals surface area contributed by atoms with Crippen molar-refractivity contribution < 1.29 is 9.84 Å². The number of ether oxygens (including phenoxy) is 1. The van der Waals surface area contributed by atoms with E-state index in [-0.39, 0.29) is 6.10 Å². The second-order valence-electron chi connectivity index (χ2n) is 6.36. The fourth-order valence-electron chi connectivity index (χ4n) is 3.34. The maximum atomic E-state index is 10.0. The van der Waals surface area contributed by atoms with Gasteiger partial charge in [-0.3, -0.25) is 0 Å². The molecule has 0 spiro atoms. The van der Waals surface area contributed by atoms with Crippen molar-refractivity contribution in [1.29, 1.82) is 0 Å². The molecular formula is C16H31NO2S. The number of hydrogen-bond acceptors (Lipinski definition) is 4. The lowest BCUT2D eigenvalue weighted by Gasteiger charge is -2.29. The quantitative estimate of drug-likeness (QED) is 0.758. The summed E-state index contributed by atoms with van der Waals surface area (Å²) in [5.41, 5.74) is 0. The third-order valence-electron chi connectivity index (χ3n) is 4.73. The van der Waals surface area contributed by atoms with E-state index in [0.29, 0.717) is 25.3 Å². The predicted molar refractivity (Wildman–Crippen MR) is 86.4 cm³/mol. The van der Waals surface area contributed by atoms with Gasteiger partial charge in [0.15, 0.2) is 0 Å². The van der Waals surface area contributed by atoms with Gasteiger partial charge >= 0.3 is 0 Å². The molecule has 1 unspecified atom stereocenters. The Labute approximate surface area is 128 Å². The van der Waals surface area contributed by atoms with Crippen molar-refractivity contribution in [2.24, 2.45) is 0 Å². The summed E-state index contributed by atoms with van der Waals surface area (Å²) in [7, 11) is 0. The van der Waals surface area contributed by atoms with Crippen LogP contribution in [0, 0.1) is 0 Å². The summed E-state index contributed by atoms with van der Waals surface area (Å²) in [6.07, 6.45) is 13.7. The summed E-state index contributed by atoms with van der Waals surface area (Å²) >= 11 is 2.00. The molecule has 0 bridgehead atoms. The van der Waals surface area contributed by atoms with Gasteiger partial charge in [-0.1, -0.05) is 19.3 Å². The van der Waals surface area contributed by atoms with Crippen LogP contribution in [0.4, 0.5) is 0 Å². The summed E-state index contributed by atoms with van der Waals surface area (Å²) < 4.78 is 5.83. The Hall–Kier alpha value is 0.230. The first-order valence-corrected chi connectivity index (χ1v) is 9.62. The molecule has 0 aromatic rings. The van der Waals surface area contributed by atoms with Crippen molar-refractivity contribution in [3.63, 3.8) is 0 Å². The molecule has 1 atom stereocenters. The van der Waals surface area contributed by atoms with Gasteiger partial charge in [-0.2, -0.15) is 11.8 Å². The summed E-state index contributed by atoms with van der Waals surface area (Å²) in [6.45, 7) is 1.18. The molecule has 0 saturated heterocycles. The Bertz CT molecular complexity index is 251. The fraction of sp³-hybridized carbons (Fsp3) is 1.00. The Balaban J connectivity index is 1.52. The molecular weight excluding hydrogens is 270 g/mol. The number of aliphatic hydroxyl groups is 1. The van der Waals surface area contributed by atoms with Crippen LogP contribution in [0.2, 0.25) is 0 Å². The van der Waals surface area contributed by atoms with E-state index < -0.39 is 0 Å². The second-order valence-corrected chi connectivity index (χ2v) is 7.50. The minimum absolute atomic E-state index is 0.352. The first kappa shape index (κ1) is 16.6. The van der Waals surface area contributed by atoms with Gasteiger partial charge in [-0.05, 0) is 44.8 Å². The fourth-order valence-corrected chi connectivity index (χ4v) is 4.09. The zero-order valence-electron chi connectivity index (χ0n) is 12.9. The Morgan fingerprint density at radius 3 is 2.45 bits per heavy atom. The van der Waals surface area contributed by atoms with Crippen LogP contribution in [0.3, 0.4) is 0 Å². The molecule has 3 nitrogen and oxygen atoms in total. The molecule has 0 aromatic heterocycles. The second kappa shape index (κ2) is 9.29. The molecule has 2 saturated carbocycles. The Morgan fingerprint density at radius 2 is 1.80 bits per heavy atom. The number of rotatable bonds is 7. The van der Waals surface area contributed by atoms with Crippen LogP contribution in [-0.4, -0.2) is 48.0 Å². The van der Waals surface area contributed by atoms with Gasteiger partial charge in [0.1, 0.15) is 0 Å². The van der Waals surface area contributed by atoms with Gasteiger partial charge in [0.25, 0.3) is 0 Å². The molecule has 2 aliphatic rings. The smallest absolute Gasteiger partial charge is 0.0897 e. The van der Waals surface area contributed by atoms with Crippen molar-refractivity contribution in [3.8, 4) is 0 Å². The van der Waals surface area contributed by atoms with Crippen molar-refractivity contribution in [2.45, 2.75) is 81.3 Å². The average molecular weight is 301 g/mol. The van der Waals surface area contributed by atoms with Crippen molar-refractivity contribution in [2.75, 3.05) is 19.4 Å². The van der Waals surface area contributed by atoms with E-state index in [2.05, 4.69) is 11.6 Å². The first-order valence-electron chi connectivity index (χ1n) is 8.33. The molecule has 0 amide bonds. The number of hydrogen-bond donors (Lipinski definition) is 2. The van der Waals surface area contributed by atoms with Gasteiger partial charge in [0.2, 0.25) is 0 Å². The SMILES string of the molecule is CSC1CCC(NCC(O)COC2CCCCC2)CC1. The number of aliphatic hydroxyl groups excluding tert-OH is 1. The molecule has 20 heavy (non-hydrogen) atoms. The molecule has 2 aliphatic carbocycles. The van der Waals surface area contributed by atoms with E-state index in [9.17, 15) is 5.11 Å². The molecule has 2 N–H and O–H groups in total. The predicted octanol–water partition coefficient (Wildman–Crippen LogP) is 2.96. The average Bonchev–Trinajstić information content (AvgIpc) is 2.52. The highest BCUT2D eigenvalue weighted by molar-refractivity contribution is 7.99. The van der Waals surface area contributed by atoms with E-state index in [0.717, 1.165) is 5.25 Å². The molecule has 4 heteroatoms. The Kier molecular flexibility index (Phi) is 7.71. The van der Waals surface area contributed by atoms with Crippen molar-refractivity contribution in [1.82, 2.24) is 5.32 Å². The van der Waals surface area contributed by atoms with Gasteiger partial charge < -0.3 is 15.2 Å². The lowest BCUT2D eigenvalue weighted by atomic mass is 9.95. The zero-order valence-corrected chi connectivity index (χ0v) is 13.7. The number of nitrogens with one attached hydrogen (secondary N) is 1. The third-order valence-corrected chi connectivity index (χ3v) is 5.86. The summed E-state index contributed by atoms with van der Waals surface area (Å²) in [5, 5.41) is 14.4. The van der Waals surface area contributed by atoms with Gasteiger partial charge in [-0.15, -0.1) is 0 Å². The molecule has 2 fully saturated rings. The highest BCUT2D eigenvalue weighted by Crippen LogP contribution is 2.26. The maximum Gasteiger partial charge on any atom is 0.0897 e. The minimum Gasteiger partial charge on any atom is -0.389 e. The van der Waals surface area contributed by atoms with E-state index in [1.807, 2.05) is 11.8 Å². The van der Waals surface area contributed by atoms with E-state index >= 15 is 0 Å². The topological polar surface area (TPSA) is 41.5 Å². The van der Waals surface area contributed by atoms with Gasteiger partial charge in [-0.25, -0.2) is 0 Å². The molecule has 0 aromatic carbocycles. The highest BCUT2D eigenvalue weighted by Gasteiger charge is 2.21. The largest absolute Gasteiger partial charge is 0.389 e. The third kappa shape index (κ3) is 5.92. The lowest BCUT2D eigenvalue weighted by Crippen LogP contribution is -2.40. The summed E-state index contributed by atoms with van der Waals surface area (Å²) in [4.78, 5) is 0. The van der Waals surface area contributed by atoms with Crippen molar-refractivity contribution >= 4 is 11.8 Å². The van der Waals surface area contributed by atoms with E-state index in [1.165, 1.54) is 57.8 Å². The molecule has 2 rings (SSSR count). The maximum absolute atomic E-state index is 10.0. The van der Waals surface area contributed by atoms with Crippen LogP contribution >= 0.6 is 11.8 Å². The van der Waals surface area contributed by atoms with E-state index in [4.69, 9.17) is 4.74 Å². The number of thioether (sulfide) groups is 1. The molecule has 0 heterocycles. The molecule has 118 valence electrons. The van der Waals surface area contributed by atoms with Crippen LogP contribution in [0.5, 0.6) is 0 Å².